The molecule has 0 unspecified atom stereocenters. The summed E-state index contributed by atoms with van der Waals surface area (Å²) in [5.74, 6) is 2.97. The minimum absolute atomic E-state index is 0.563. The summed E-state index contributed by atoms with van der Waals surface area (Å²) < 4.78 is 0. The summed E-state index contributed by atoms with van der Waals surface area (Å²) in [7, 11) is 0. The maximum Gasteiger partial charge on any atom is 0.227 e. The van der Waals surface area contributed by atoms with Crippen LogP contribution in [0.4, 0.5) is 5.95 Å². The number of hydrogen-bond acceptors (Lipinski definition) is 6. The third-order valence-corrected chi connectivity index (χ3v) is 5.86. The molecule has 0 radical (unpaired) electrons. The predicted molar refractivity (Wildman–Crippen MR) is 102 cm³/mol. The first kappa shape index (κ1) is 18.8. The van der Waals surface area contributed by atoms with Gasteiger partial charge in [0.15, 0.2) is 10.3 Å². The molecule has 0 bridgehead atoms. The molecule has 1 saturated carbocycles. The van der Waals surface area contributed by atoms with Gasteiger partial charge in [-0.3, -0.25) is 0 Å². The number of unbranched alkanes of at least 4 members (excludes halogenated alkanes) is 4. The lowest BCUT2D eigenvalue weighted by Crippen LogP contribution is -2.28. The highest BCUT2D eigenvalue weighted by Crippen LogP contribution is 2.25. The van der Waals surface area contributed by atoms with E-state index < -0.39 is 0 Å². The zero-order chi connectivity index (χ0) is 16.3. The topological polar surface area (TPSA) is 50.7 Å². The molecule has 0 atom stereocenters. The Morgan fingerprint density at radius 1 is 0.870 bits per heavy atom. The highest BCUT2D eigenvalue weighted by molar-refractivity contribution is 7.99. The van der Waals surface area contributed by atoms with Gasteiger partial charge in [-0.05, 0) is 32.1 Å². The lowest BCUT2D eigenvalue weighted by Gasteiger charge is -2.26. The molecule has 4 nitrogen and oxygen atoms in total. The van der Waals surface area contributed by atoms with Gasteiger partial charge >= 0.3 is 0 Å². The van der Waals surface area contributed by atoms with Gasteiger partial charge in [0.2, 0.25) is 5.95 Å². The molecule has 1 aliphatic carbocycles. The van der Waals surface area contributed by atoms with E-state index in [1.54, 1.807) is 23.5 Å². The minimum atomic E-state index is 0.563. The predicted octanol–water partition coefficient (Wildman–Crippen LogP) is 5.40. The van der Waals surface area contributed by atoms with E-state index in [0.29, 0.717) is 6.04 Å². The van der Waals surface area contributed by atoms with E-state index in [2.05, 4.69) is 34.1 Å². The molecule has 1 aromatic rings. The number of nitrogens with one attached hydrogen (secondary N) is 1. The van der Waals surface area contributed by atoms with Crippen LogP contribution >= 0.6 is 23.5 Å². The summed E-state index contributed by atoms with van der Waals surface area (Å²) >= 11 is 3.54. The van der Waals surface area contributed by atoms with Crippen molar-refractivity contribution in [2.24, 2.45) is 0 Å². The van der Waals surface area contributed by atoms with Crippen LogP contribution in [-0.4, -0.2) is 32.5 Å². The molecule has 0 aromatic carbocycles. The average molecular weight is 355 g/mol. The standard InChI is InChI=1S/C17H30N4S2/c1-3-5-7-12-22-16-19-15(18-14-10-9-11-14)20-17(21-16)23-13-8-6-4-2/h14H,3-13H2,1-2H3,(H,18,19,20,21). The van der Waals surface area contributed by atoms with Crippen molar-refractivity contribution in [3.8, 4) is 0 Å². The summed E-state index contributed by atoms with van der Waals surface area (Å²) in [6.45, 7) is 4.47. The van der Waals surface area contributed by atoms with Gasteiger partial charge in [0.05, 0.1) is 0 Å². The van der Waals surface area contributed by atoms with E-state index in [-0.39, 0.29) is 0 Å². The molecule has 1 heterocycles. The Kier molecular flexibility index (Phi) is 9.12. The van der Waals surface area contributed by atoms with Crippen LogP contribution in [0.5, 0.6) is 0 Å². The van der Waals surface area contributed by atoms with Crippen molar-refractivity contribution in [1.29, 1.82) is 0 Å². The first-order valence-electron chi connectivity index (χ1n) is 9.10. The van der Waals surface area contributed by atoms with Crippen LogP contribution < -0.4 is 5.32 Å². The zero-order valence-electron chi connectivity index (χ0n) is 14.5. The normalized spacial score (nSPS) is 14.7. The van der Waals surface area contributed by atoms with Gasteiger partial charge in [-0.25, -0.2) is 0 Å². The second-order valence-corrected chi connectivity index (χ2v) is 8.23. The molecule has 0 saturated heterocycles. The molecule has 0 aliphatic heterocycles. The number of anilines is 1. The van der Waals surface area contributed by atoms with Crippen LogP contribution in [-0.2, 0) is 0 Å². The van der Waals surface area contributed by atoms with Gasteiger partial charge in [-0.15, -0.1) is 0 Å². The average Bonchev–Trinajstić information content (AvgIpc) is 2.52. The third kappa shape index (κ3) is 7.29. The van der Waals surface area contributed by atoms with E-state index in [0.717, 1.165) is 27.8 Å². The SMILES string of the molecule is CCCCCSc1nc(NC2CCC2)nc(SCCCCC)n1. The molecule has 1 aliphatic rings. The Morgan fingerprint density at radius 2 is 1.43 bits per heavy atom. The molecule has 0 spiro atoms. The van der Waals surface area contributed by atoms with Crippen LogP contribution in [0.15, 0.2) is 10.3 Å². The van der Waals surface area contributed by atoms with Crippen molar-refractivity contribution < 1.29 is 0 Å². The Bertz CT molecular complexity index is 422. The van der Waals surface area contributed by atoms with E-state index in [1.807, 2.05) is 0 Å². The Balaban J connectivity index is 1.92. The first-order valence-corrected chi connectivity index (χ1v) is 11.1. The maximum absolute atomic E-state index is 4.64. The number of hydrogen-bond donors (Lipinski definition) is 1. The van der Waals surface area contributed by atoms with Crippen LogP contribution in [0, 0.1) is 0 Å². The lowest BCUT2D eigenvalue weighted by molar-refractivity contribution is 0.442. The van der Waals surface area contributed by atoms with Crippen LogP contribution in [0.3, 0.4) is 0 Å². The summed E-state index contributed by atoms with van der Waals surface area (Å²) in [4.78, 5) is 13.9. The van der Waals surface area contributed by atoms with Gasteiger partial charge in [0, 0.05) is 17.5 Å². The van der Waals surface area contributed by atoms with Gasteiger partial charge in [-0.1, -0.05) is 63.1 Å². The van der Waals surface area contributed by atoms with Crippen LogP contribution in [0.2, 0.25) is 0 Å². The lowest BCUT2D eigenvalue weighted by atomic mass is 9.93. The fourth-order valence-electron chi connectivity index (χ4n) is 2.30. The summed E-state index contributed by atoms with van der Waals surface area (Å²) in [6, 6.07) is 0.563. The second kappa shape index (κ2) is 11.1. The quantitative estimate of drug-likeness (QED) is 0.400. The maximum atomic E-state index is 4.64. The van der Waals surface area contributed by atoms with Crippen LogP contribution in [0.1, 0.15) is 71.6 Å². The molecule has 1 N–H and O–H groups in total. The molecule has 130 valence electrons. The van der Waals surface area contributed by atoms with Crippen molar-refractivity contribution >= 4 is 29.5 Å². The molecule has 0 amide bonds. The van der Waals surface area contributed by atoms with E-state index in [9.17, 15) is 0 Å². The largest absolute Gasteiger partial charge is 0.351 e. The minimum Gasteiger partial charge on any atom is -0.351 e. The number of thioether (sulfide) groups is 2. The van der Waals surface area contributed by atoms with Crippen molar-refractivity contribution in [1.82, 2.24) is 15.0 Å². The summed E-state index contributed by atoms with van der Waals surface area (Å²) in [6.07, 6.45) is 11.3. The van der Waals surface area contributed by atoms with E-state index >= 15 is 0 Å². The van der Waals surface area contributed by atoms with Gasteiger partial charge < -0.3 is 5.32 Å². The Morgan fingerprint density at radius 3 is 1.87 bits per heavy atom. The Hall–Kier alpha value is -0.490. The molecule has 1 aromatic heterocycles. The fourth-order valence-corrected chi connectivity index (χ4v) is 4.02. The smallest absolute Gasteiger partial charge is 0.227 e. The van der Waals surface area contributed by atoms with Crippen molar-refractivity contribution in [2.75, 3.05) is 16.8 Å². The van der Waals surface area contributed by atoms with Gasteiger partial charge in [-0.2, -0.15) is 15.0 Å². The fraction of sp³-hybridized carbons (Fsp3) is 0.824. The zero-order valence-corrected chi connectivity index (χ0v) is 16.1. The van der Waals surface area contributed by atoms with Gasteiger partial charge in [0.25, 0.3) is 0 Å². The third-order valence-electron chi connectivity index (χ3n) is 3.99. The van der Waals surface area contributed by atoms with E-state index in [4.69, 9.17) is 0 Å². The Labute approximate surface area is 149 Å². The van der Waals surface area contributed by atoms with E-state index in [1.165, 1.54) is 57.8 Å². The molecule has 23 heavy (non-hydrogen) atoms. The first-order chi connectivity index (χ1) is 11.3. The summed E-state index contributed by atoms with van der Waals surface area (Å²) in [5, 5.41) is 5.24. The number of rotatable bonds is 12. The number of aromatic nitrogens is 3. The van der Waals surface area contributed by atoms with Crippen molar-refractivity contribution in [3.05, 3.63) is 0 Å². The monoisotopic (exact) mass is 354 g/mol. The molecular formula is C17H30N4S2. The molecule has 1 fully saturated rings. The second-order valence-electron chi connectivity index (χ2n) is 6.11. The summed E-state index contributed by atoms with van der Waals surface area (Å²) in [5.41, 5.74) is 0. The van der Waals surface area contributed by atoms with Crippen molar-refractivity contribution in [3.63, 3.8) is 0 Å². The van der Waals surface area contributed by atoms with Gasteiger partial charge in [0.1, 0.15) is 0 Å². The highest BCUT2D eigenvalue weighted by Gasteiger charge is 2.19. The highest BCUT2D eigenvalue weighted by atomic mass is 32.2. The molecule has 6 heteroatoms. The van der Waals surface area contributed by atoms with Crippen molar-refractivity contribution in [2.45, 2.75) is 88.0 Å². The van der Waals surface area contributed by atoms with Crippen LogP contribution in [0.25, 0.3) is 0 Å². The molecular weight excluding hydrogens is 324 g/mol. The molecule has 2 rings (SSSR count). The number of nitrogens with zero attached hydrogens (tertiary/aromatic N) is 3.